The molecule has 1 amide bonds. The van der Waals surface area contributed by atoms with Crippen molar-refractivity contribution in [2.45, 2.75) is 50.6 Å². The molecule has 1 aromatic rings. The van der Waals surface area contributed by atoms with Gasteiger partial charge < -0.3 is 15.0 Å². The van der Waals surface area contributed by atoms with Crippen LogP contribution in [0.2, 0.25) is 0 Å². The summed E-state index contributed by atoms with van der Waals surface area (Å²) >= 11 is 0. The Kier molecular flexibility index (Phi) is 5.04. The highest BCUT2D eigenvalue weighted by atomic mass is 19.1. The number of nitrogens with zero attached hydrogens (tertiary/aromatic N) is 1. The summed E-state index contributed by atoms with van der Waals surface area (Å²) in [6.07, 6.45) is 5.17. The van der Waals surface area contributed by atoms with E-state index in [0.29, 0.717) is 6.54 Å². The maximum atomic E-state index is 13.6. The van der Waals surface area contributed by atoms with Crippen molar-refractivity contribution in [3.8, 4) is 5.75 Å². The lowest BCUT2D eigenvalue weighted by atomic mass is 9.81. The molecule has 0 radical (unpaired) electrons. The second kappa shape index (κ2) is 7.05. The van der Waals surface area contributed by atoms with Crippen LogP contribution in [0.3, 0.4) is 0 Å². The molecule has 0 bridgehead atoms. The molecular weight excluding hydrogens is 314 g/mol. The molecule has 0 aromatic heterocycles. The summed E-state index contributed by atoms with van der Waals surface area (Å²) in [7, 11) is 0. The monoisotopic (exact) mass is 338 g/mol. The first-order chi connectivity index (χ1) is 11.5. The predicted octanol–water partition coefficient (Wildman–Crippen LogP) is 2.87. The normalized spacial score (nSPS) is 27.3. The lowest BCUT2D eigenvalue weighted by Crippen LogP contribution is -2.63. The molecule has 4 nitrogen and oxygen atoms in total. The minimum atomic E-state index is -0.789. The van der Waals surface area contributed by atoms with Crippen molar-refractivity contribution < 1.29 is 18.3 Å². The van der Waals surface area contributed by atoms with E-state index >= 15 is 0 Å². The van der Waals surface area contributed by atoms with Crippen LogP contribution in [0.5, 0.6) is 5.75 Å². The molecule has 3 rings (SSSR count). The summed E-state index contributed by atoms with van der Waals surface area (Å²) < 4.78 is 31.8. The van der Waals surface area contributed by atoms with Gasteiger partial charge in [0.05, 0.1) is 0 Å². The molecule has 2 aliphatic heterocycles. The Hall–Kier alpha value is -1.69. The van der Waals surface area contributed by atoms with Gasteiger partial charge in [-0.3, -0.25) is 4.79 Å². The Morgan fingerprint density at radius 3 is 3.00 bits per heavy atom. The maximum absolute atomic E-state index is 13.6. The van der Waals surface area contributed by atoms with E-state index < -0.39 is 11.6 Å². The molecule has 24 heavy (non-hydrogen) atoms. The van der Waals surface area contributed by atoms with Crippen LogP contribution in [0.4, 0.5) is 8.78 Å². The Labute approximate surface area is 141 Å². The molecule has 0 saturated carbocycles. The summed E-state index contributed by atoms with van der Waals surface area (Å²) in [4.78, 5) is 14.5. The summed E-state index contributed by atoms with van der Waals surface area (Å²) in [5, 5.41) is 3.60. The second-order valence-corrected chi connectivity index (χ2v) is 6.91. The van der Waals surface area contributed by atoms with E-state index in [-0.39, 0.29) is 29.8 Å². The van der Waals surface area contributed by atoms with Crippen LogP contribution in [0.25, 0.3) is 0 Å². The predicted molar refractivity (Wildman–Crippen MR) is 86.8 cm³/mol. The molecule has 2 saturated heterocycles. The number of benzene rings is 1. The number of carbonyl (C=O) groups excluding carboxylic acids is 1. The molecule has 0 spiro atoms. The molecule has 0 aliphatic carbocycles. The van der Waals surface area contributed by atoms with Crippen molar-refractivity contribution in [1.82, 2.24) is 10.2 Å². The molecule has 1 aromatic carbocycles. The van der Waals surface area contributed by atoms with Gasteiger partial charge >= 0.3 is 0 Å². The van der Waals surface area contributed by atoms with Crippen LogP contribution < -0.4 is 10.1 Å². The highest BCUT2D eigenvalue weighted by Crippen LogP contribution is 2.33. The van der Waals surface area contributed by atoms with E-state index in [2.05, 4.69) is 12.2 Å². The van der Waals surface area contributed by atoms with Gasteiger partial charge in [-0.15, -0.1) is 0 Å². The fraction of sp³-hybridized carbons (Fsp3) is 0.611. The van der Waals surface area contributed by atoms with E-state index in [0.717, 1.165) is 50.8 Å². The van der Waals surface area contributed by atoms with E-state index in [1.807, 2.05) is 4.90 Å². The number of amides is 1. The zero-order valence-electron chi connectivity index (χ0n) is 14.0. The molecular formula is C18H24F2N2O2. The molecule has 2 fully saturated rings. The van der Waals surface area contributed by atoms with Gasteiger partial charge in [0.2, 0.25) is 0 Å². The minimum Gasteiger partial charge on any atom is -0.481 e. The van der Waals surface area contributed by atoms with E-state index in [1.165, 1.54) is 6.07 Å². The number of rotatable bonds is 3. The number of fused-ring (bicyclic) bond motifs is 1. The first-order valence-corrected chi connectivity index (χ1v) is 8.62. The first-order valence-electron chi connectivity index (χ1n) is 8.62. The largest absolute Gasteiger partial charge is 0.481 e. The van der Waals surface area contributed by atoms with E-state index in [1.54, 1.807) is 0 Å². The smallest absolute Gasteiger partial charge is 0.260 e. The van der Waals surface area contributed by atoms with Crippen molar-refractivity contribution in [3.63, 3.8) is 0 Å². The van der Waals surface area contributed by atoms with Crippen LogP contribution >= 0.6 is 0 Å². The number of carbonyl (C=O) groups is 1. The van der Waals surface area contributed by atoms with Crippen LogP contribution in [0.1, 0.15) is 39.0 Å². The number of nitrogens with one attached hydrogen (secondary N) is 1. The number of hydrogen-bond acceptors (Lipinski definition) is 3. The fourth-order valence-corrected chi connectivity index (χ4v) is 3.91. The number of piperidine rings is 1. The highest BCUT2D eigenvalue weighted by Gasteiger charge is 2.43. The van der Waals surface area contributed by atoms with Crippen molar-refractivity contribution in [2.75, 3.05) is 19.7 Å². The van der Waals surface area contributed by atoms with Gasteiger partial charge in [-0.2, -0.15) is 0 Å². The first kappa shape index (κ1) is 17.1. The Morgan fingerprint density at radius 2 is 2.21 bits per heavy atom. The minimum absolute atomic E-state index is 0.0640. The van der Waals surface area contributed by atoms with Gasteiger partial charge in [-0.1, -0.05) is 6.42 Å². The van der Waals surface area contributed by atoms with Gasteiger partial charge in [-0.25, -0.2) is 8.78 Å². The van der Waals surface area contributed by atoms with Crippen LogP contribution in [0.15, 0.2) is 18.2 Å². The quantitative estimate of drug-likeness (QED) is 0.921. The van der Waals surface area contributed by atoms with Gasteiger partial charge in [0.15, 0.2) is 18.2 Å². The van der Waals surface area contributed by atoms with Crippen molar-refractivity contribution in [1.29, 1.82) is 0 Å². The van der Waals surface area contributed by atoms with Crippen LogP contribution in [-0.4, -0.2) is 42.1 Å². The summed E-state index contributed by atoms with van der Waals surface area (Å²) in [5.74, 6) is -1.69. The Balaban J connectivity index is 1.67. The number of halogens is 2. The average molecular weight is 338 g/mol. The van der Waals surface area contributed by atoms with Crippen LogP contribution in [-0.2, 0) is 4.79 Å². The lowest BCUT2D eigenvalue weighted by Gasteiger charge is -2.48. The SMILES string of the molecule is C[C@]12CCCN(C(=O)COc3ccc(F)cc3F)[C@H]1CCCCN2. The topological polar surface area (TPSA) is 41.6 Å². The van der Waals surface area contributed by atoms with Crippen LogP contribution in [0, 0.1) is 11.6 Å². The number of ether oxygens (including phenoxy) is 1. The Morgan fingerprint density at radius 1 is 1.38 bits per heavy atom. The summed E-state index contributed by atoms with van der Waals surface area (Å²) in [6, 6.07) is 3.23. The summed E-state index contributed by atoms with van der Waals surface area (Å²) in [6.45, 7) is 3.64. The maximum Gasteiger partial charge on any atom is 0.260 e. The van der Waals surface area contributed by atoms with E-state index in [9.17, 15) is 13.6 Å². The van der Waals surface area contributed by atoms with Gasteiger partial charge in [0.1, 0.15) is 5.82 Å². The summed E-state index contributed by atoms with van der Waals surface area (Å²) in [5.41, 5.74) is -0.0640. The molecule has 2 heterocycles. The second-order valence-electron chi connectivity index (χ2n) is 6.91. The third-order valence-corrected chi connectivity index (χ3v) is 5.21. The zero-order chi connectivity index (χ0) is 17.2. The zero-order valence-corrected chi connectivity index (χ0v) is 14.0. The highest BCUT2D eigenvalue weighted by molar-refractivity contribution is 5.78. The van der Waals surface area contributed by atoms with Gasteiger partial charge in [-0.05, 0) is 51.3 Å². The molecule has 0 unspecified atom stereocenters. The molecule has 2 aliphatic rings. The third-order valence-electron chi connectivity index (χ3n) is 5.21. The Bertz CT molecular complexity index is 611. The van der Waals surface area contributed by atoms with Gasteiger partial charge in [0.25, 0.3) is 5.91 Å². The molecule has 6 heteroatoms. The number of hydrogen-bond donors (Lipinski definition) is 1. The molecule has 1 N–H and O–H groups in total. The molecule has 132 valence electrons. The lowest BCUT2D eigenvalue weighted by molar-refractivity contribution is -0.139. The van der Waals surface area contributed by atoms with Gasteiger partial charge in [0, 0.05) is 24.2 Å². The average Bonchev–Trinajstić information content (AvgIpc) is 2.74. The van der Waals surface area contributed by atoms with Crippen molar-refractivity contribution in [3.05, 3.63) is 29.8 Å². The van der Waals surface area contributed by atoms with Crippen molar-refractivity contribution >= 4 is 5.91 Å². The van der Waals surface area contributed by atoms with E-state index in [4.69, 9.17) is 4.74 Å². The fourth-order valence-electron chi connectivity index (χ4n) is 3.91. The molecule has 2 atom stereocenters. The number of likely N-dealkylation sites (tertiary alicyclic amines) is 1. The van der Waals surface area contributed by atoms with Crippen molar-refractivity contribution in [2.24, 2.45) is 0 Å². The third kappa shape index (κ3) is 3.53. The standard InChI is InChI=1S/C18H24F2N2O2/c1-18-8-4-10-22(16(18)5-2-3-9-21-18)17(23)12-24-15-7-6-13(19)11-14(15)20/h6-7,11,16,21H,2-5,8-10,12H2,1H3/t16-,18-/m0/s1.